The Balaban J connectivity index is 1.49. The Bertz CT molecular complexity index is 1390. The molecule has 12 heteroatoms. The lowest BCUT2D eigenvalue weighted by Gasteiger charge is -2.34. The standard InChI is InChI=1S/C24H26F3N5O2S2/c1-14-12-32(8-7-28-14)16-5-6-20(18(9-16)15-3-4-15)30-23-29-11-19(24(25,26)27)22(31-23)21-10-17(13-35-21)36(2,33)34/h5-6,9-11,13-15,28H,3-4,7-8,12H2,1-2H3,(H,29,30,31)/t14-/m1/s1. The molecule has 2 fully saturated rings. The molecule has 7 nitrogen and oxygen atoms in total. The molecule has 2 aromatic heterocycles. The van der Waals surface area contributed by atoms with Crippen molar-refractivity contribution >= 4 is 38.5 Å². The van der Waals surface area contributed by atoms with Gasteiger partial charge >= 0.3 is 6.18 Å². The lowest BCUT2D eigenvalue weighted by Crippen LogP contribution is -2.49. The molecule has 0 bridgehead atoms. The topological polar surface area (TPSA) is 87.2 Å². The maximum atomic E-state index is 13.7. The highest BCUT2D eigenvalue weighted by Crippen LogP contribution is 2.45. The number of anilines is 3. The molecule has 36 heavy (non-hydrogen) atoms. The average Bonchev–Trinajstić information content (AvgIpc) is 3.52. The molecule has 3 aromatic rings. The van der Waals surface area contributed by atoms with E-state index in [2.05, 4.69) is 38.5 Å². The monoisotopic (exact) mass is 537 g/mol. The van der Waals surface area contributed by atoms with Gasteiger partial charge in [0.15, 0.2) is 9.84 Å². The minimum Gasteiger partial charge on any atom is -0.369 e. The van der Waals surface area contributed by atoms with E-state index in [1.165, 1.54) is 11.4 Å². The number of benzene rings is 1. The zero-order valence-electron chi connectivity index (χ0n) is 19.8. The van der Waals surface area contributed by atoms with E-state index in [0.29, 0.717) is 12.0 Å². The number of nitrogens with one attached hydrogen (secondary N) is 2. The highest BCUT2D eigenvalue weighted by atomic mass is 32.2. The van der Waals surface area contributed by atoms with Crippen molar-refractivity contribution in [2.75, 3.05) is 36.1 Å². The van der Waals surface area contributed by atoms with Crippen LogP contribution in [0, 0.1) is 0 Å². The second-order valence-electron chi connectivity index (χ2n) is 9.34. The molecule has 192 valence electrons. The van der Waals surface area contributed by atoms with Crippen LogP contribution in [0.4, 0.5) is 30.5 Å². The Morgan fingerprint density at radius 2 is 2.00 bits per heavy atom. The van der Waals surface area contributed by atoms with Crippen molar-refractivity contribution < 1.29 is 21.6 Å². The van der Waals surface area contributed by atoms with E-state index >= 15 is 0 Å². The summed E-state index contributed by atoms with van der Waals surface area (Å²) in [5.41, 5.74) is 1.62. The number of halogens is 3. The Morgan fingerprint density at radius 3 is 2.64 bits per heavy atom. The molecule has 1 aromatic carbocycles. The van der Waals surface area contributed by atoms with E-state index in [4.69, 9.17) is 0 Å². The minimum atomic E-state index is -4.69. The Morgan fingerprint density at radius 1 is 1.22 bits per heavy atom. The van der Waals surface area contributed by atoms with Gasteiger partial charge in [0.2, 0.25) is 5.95 Å². The third-order valence-corrected chi connectivity index (χ3v) is 8.54. The third kappa shape index (κ3) is 5.35. The van der Waals surface area contributed by atoms with Crippen molar-refractivity contribution in [1.82, 2.24) is 15.3 Å². The van der Waals surface area contributed by atoms with E-state index < -0.39 is 21.6 Å². The summed E-state index contributed by atoms with van der Waals surface area (Å²) in [6.07, 6.45) is -0.819. The zero-order chi connectivity index (χ0) is 25.7. The summed E-state index contributed by atoms with van der Waals surface area (Å²) in [4.78, 5) is 10.5. The molecule has 0 spiro atoms. The molecule has 1 aliphatic carbocycles. The number of alkyl halides is 3. The van der Waals surface area contributed by atoms with Crippen LogP contribution < -0.4 is 15.5 Å². The van der Waals surface area contributed by atoms with Gasteiger partial charge in [-0.15, -0.1) is 11.3 Å². The number of thiophene rings is 1. The zero-order valence-corrected chi connectivity index (χ0v) is 21.4. The van der Waals surface area contributed by atoms with Crippen LogP contribution in [-0.4, -0.2) is 50.3 Å². The first-order valence-electron chi connectivity index (χ1n) is 11.6. The van der Waals surface area contributed by atoms with E-state index in [0.717, 1.165) is 73.2 Å². The fraction of sp³-hybridized carbons (Fsp3) is 0.417. The van der Waals surface area contributed by atoms with Crippen molar-refractivity contribution in [3.05, 3.63) is 47.0 Å². The van der Waals surface area contributed by atoms with Gasteiger partial charge in [0.05, 0.1) is 15.5 Å². The lowest BCUT2D eigenvalue weighted by molar-refractivity contribution is -0.137. The number of nitrogens with zero attached hydrogens (tertiary/aromatic N) is 3. The first-order valence-corrected chi connectivity index (χ1v) is 14.4. The van der Waals surface area contributed by atoms with Crippen molar-refractivity contribution in [3.8, 4) is 10.6 Å². The van der Waals surface area contributed by atoms with Crippen molar-refractivity contribution in [2.24, 2.45) is 0 Å². The number of hydrogen-bond donors (Lipinski definition) is 2. The van der Waals surface area contributed by atoms with Crippen LogP contribution in [0.5, 0.6) is 0 Å². The summed E-state index contributed by atoms with van der Waals surface area (Å²) in [7, 11) is -3.56. The van der Waals surface area contributed by atoms with Gasteiger partial charge in [0.25, 0.3) is 0 Å². The molecule has 0 unspecified atom stereocenters. The molecule has 0 radical (unpaired) electrons. The van der Waals surface area contributed by atoms with Crippen molar-refractivity contribution in [3.63, 3.8) is 0 Å². The SMILES string of the molecule is C[C@@H]1CN(c2ccc(Nc3ncc(C(F)(F)F)c(-c4cc(S(C)(=O)=O)cs4)n3)c(C3CC3)c2)CCN1. The Hall–Kier alpha value is -2.70. The van der Waals surface area contributed by atoms with Crippen LogP contribution in [0.2, 0.25) is 0 Å². The predicted molar refractivity (Wildman–Crippen MR) is 135 cm³/mol. The first kappa shape index (κ1) is 25.0. The van der Waals surface area contributed by atoms with Crippen LogP contribution in [-0.2, 0) is 16.0 Å². The molecule has 3 heterocycles. The fourth-order valence-electron chi connectivity index (χ4n) is 4.35. The summed E-state index contributed by atoms with van der Waals surface area (Å²) in [6, 6.07) is 7.71. The summed E-state index contributed by atoms with van der Waals surface area (Å²) in [5.74, 6) is 0.411. The van der Waals surface area contributed by atoms with Gasteiger partial charge in [0, 0.05) is 54.9 Å². The summed E-state index contributed by atoms with van der Waals surface area (Å²) >= 11 is 0.903. The molecule has 1 saturated carbocycles. The molecule has 1 atom stereocenters. The number of aromatic nitrogens is 2. The van der Waals surface area contributed by atoms with Crippen LogP contribution >= 0.6 is 11.3 Å². The van der Waals surface area contributed by atoms with Gasteiger partial charge < -0.3 is 15.5 Å². The van der Waals surface area contributed by atoms with Gasteiger partial charge in [-0.2, -0.15) is 13.2 Å². The average molecular weight is 538 g/mol. The second-order valence-corrected chi connectivity index (χ2v) is 12.3. The summed E-state index contributed by atoms with van der Waals surface area (Å²) in [5, 5.41) is 7.88. The minimum absolute atomic E-state index is 0.0257. The highest BCUT2D eigenvalue weighted by molar-refractivity contribution is 7.90. The smallest absolute Gasteiger partial charge is 0.369 e. The number of piperazine rings is 1. The summed E-state index contributed by atoms with van der Waals surface area (Å²) < 4.78 is 64.9. The van der Waals surface area contributed by atoms with E-state index in [1.54, 1.807) is 0 Å². The van der Waals surface area contributed by atoms with Gasteiger partial charge in [0.1, 0.15) is 5.56 Å². The maximum Gasteiger partial charge on any atom is 0.420 e. The van der Waals surface area contributed by atoms with Crippen LogP contribution in [0.3, 0.4) is 0 Å². The highest BCUT2D eigenvalue weighted by Gasteiger charge is 2.36. The van der Waals surface area contributed by atoms with Gasteiger partial charge in [-0.3, -0.25) is 0 Å². The van der Waals surface area contributed by atoms with Gasteiger partial charge in [-0.25, -0.2) is 18.4 Å². The van der Waals surface area contributed by atoms with E-state index in [1.807, 2.05) is 12.1 Å². The van der Waals surface area contributed by atoms with Crippen LogP contribution in [0.15, 0.2) is 40.7 Å². The fourth-order valence-corrected chi connectivity index (χ4v) is 6.38. The molecule has 2 aliphatic rings. The molecular formula is C24H26F3N5O2S2. The molecule has 0 amide bonds. The van der Waals surface area contributed by atoms with E-state index in [-0.39, 0.29) is 21.4 Å². The quantitative estimate of drug-likeness (QED) is 0.455. The number of rotatable bonds is 6. The number of sulfone groups is 1. The normalized spacial score (nSPS) is 18.9. The molecule has 2 N–H and O–H groups in total. The van der Waals surface area contributed by atoms with Crippen LogP contribution in [0.25, 0.3) is 10.6 Å². The van der Waals surface area contributed by atoms with Gasteiger partial charge in [-0.1, -0.05) is 0 Å². The largest absolute Gasteiger partial charge is 0.420 e. The van der Waals surface area contributed by atoms with Crippen LogP contribution in [0.1, 0.15) is 36.8 Å². The summed E-state index contributed by atoms with van der Waals surface area (Å²) in [6.45, 7) is 4.86. The molecule has 1 aliphatic heterocycles. The first-order chi connectivity index (χ1) is 17.0. The number of hydrogen-bond acceptors (Lipinski definition) is 8. The molecular weight excluding hydrogens is 511 g/mol. The lowest BCUT2D eigenvalue weighted by atomic mass is 10.1. The van der Waals surface area contributed by atoms with Crippen molar-refractivity contribution in [2.45, 2.75) is 42.8 Å². The Labute approximate surface area is 211 Å². The van der Waals surface area contributed by atoms with Gasteiger partial charge in [-0.05, 0) is 55.5 Å². The Kier molecular flexibility index (Phi) is 6.46. The maximum absolute atomic E-state index is 13.7. The van der Waals surface area contributed by atoms with Crippen molar-refractivity contribution in [1.29, 1.82) is 0 Å². The molecule has 1 saturated heterocycles. The predicted octanol–water partition coefficient (Wildman–Crippen LogP) is 5.05. The van der Waals surface area contributed by atoms with E-state index in [9.17, 15) is 21.6 Å². The molecule has 5 rings (SSSR count). The third-order valence-electron chi connectivity index (χ3n) is 6.36. The second kappa shape index (κ2) is 9.31.